The first-order valence-electron chi connectivity index (χ1n) is 7.30. The van der Waals surface area contributed by atoms with E-state index in [-0.39, 0.29) is 17.2 Å². The molecule has 0 amide bonds. The first-order valence-corrected chi connectivity index (χ1v) is 8.79. The molecule has 2 rings (SSSR count). The highest BCUT2D eigenvalue weighted by Crippen LogP contribution is 2.22. The van der Waals surface area contributed by atoms with Crippen molar-refractivity contribution in [2.75, 3.05) is 20.8 Å². The van der Waals surface area contributed by atoms with Crippen molar-refractivity contribution in [1.82, 2.24) is 4.72 Å². The molecule has 0 aliphatic carbocycles. The molecule has 0 unspecified atom stereocenters. The van der Waals surface area contributed by atoms with Crippen molar-refractivity contribution in [3.8, 4) is 5.75 Å². The van der Waals surface area contributed by atoms with E-state index in [1.54, 1.807) is 0 Å². The Bertz CT molecular complexity index is 808. The zero-order valence-corrected chi connectivity index (χ0v) is 14.6. The summed E-state index contributed by atoms with van der Waals surface area (Å²) in [6.45, 7) is 1.96. The minimum Gasteiger partial charge on any atom is -0.494 e. The maximum Gasteiger partial charge on any atom is 0.240 e. The van der Waals surface area contributed by atoms with Crippen molar-refractivity contribution < 1.29 is 22.3 Å². The number of halogens is 1. The predicted octanol–water partition coefficient (Wildman–Crippen LogP) is 2.81. The normalized spacial score (nSPS) is 12.8. The van der Waals surface area contributed by atoms with Gasteiger partial charge in [0, 0.05) is 13.7 Å². The summed E-state index contributed by atoms with van der Waals surface area (Å²) in [7, 11) is -1.03. The number of hydrogen-bond donors (Lipinski definition) is 1. The minimum absolute atomic E-state index is 0.0105. The third-order valence-corrected chi connectivity index (χ3v) is 5.13. The molecule has 2 aromatic rings. The number of ether oxygens (including phenoxy) is 2. The van der Waals surface area contributed by atoms with Crippen LogP contribution in [0.5, 0.6) is 5.75 Å². The van der Waals surface area contributed by atoms with E-state index in [0.29, 0.717) is 0 Å². The molecular weight excluding hydrogens is 333 g/mol. The van der Waals surface area contributed by atoms with E-state index in [4.69, 9.17) is 9.47 Å². The highest BCUT2D eigenvalue weighted by Gasteiger charge is 2.20. The largest absolute Gasteiger partial charge is 0.494 e. The fraction of sp³-hybridized carbons (Fsp3) is 0.294. The molecule has 7 heteroatoms. The third-order valence-electron chi connectivity index (χ3n) is 3.71. The van der Waals surface area contributed by atoms with E-state index in [2.05, 4.69) is 4.72 Å². The molecule has 0 bridgehead atoms. The highest BCUT2D eigenvalue weighted by molar-refractivity contribution is 7.89. The standard InChI is InChI=1S/C17H20FNO4S/c1-12-6-4-5-7-14(12)17(23-3)11-19-24(20,21)13-8-9-16(22-2)15(18)10-13/h4-10,17,19H,11H2,1-3H3/t17-/m1/s1. The molecule has 0 fully saturated rings. The minimum atomic E-state index is -3.86. The summed E-state index contributed by atoms with van der Waals surface area (Å²) in [5, 5.41) is 0. The summed E-state index contributed by atoms with van der Waals surface area (Å²) in [5.74, 6) is -0.744. The molecule has 1 N–H and O–H groups in total. The Morgan fingerprint density at radius 1 is 1.17 bits per heavy atom. The number of rotatable bonds is 7. The van der Waals surface area contributed by atoms with Crippen molar-refractivity contribution in [3.05, 3.63) is 59.4 Å². The average molecular weight is 353 g/mol. The molecule has 1 atom stereocenters. The van der Waals surface area contributed by atoms with E-state index in [1.165, 1.54) is 26.4 Å². The molecule has 0 aliphatic heterocycles. The fourth-order valence-corrected chi connectivity index (χ4v) is 3.39. The lowest BCUT2D eigenvalue weighted by molar-refractivity contribution is 0.107. The van der Waals surface area contributed by atoms with Gasteiger partial charge in [0.15, 0.2) is 11.6 Å². The van der Waals surface area contributed by atoms with Gasteiger partial charge in [0.2, 0.25) is 10.0 Å². The van der Waals surface area contributed by atoms with Crippen LogP contribution in [-0.2, 0) is 14.8 Å². The number of hydrogen-bond acceptors (Lipinski definition) is 4. The van der Waals surface area contributed by atoms with Crippen LogP contribution in [0.4, 0.5) is 4.39 Å². The van der Waals surface area contributed by atoms with Crippen LogP contribution in [0.25, 0.3) is 0 Å². The lowest BCUT2D eigenvalue weighted by Crippen LogP contribution is -2.29. The van der Waals surface area contributed by atoms with Gasteiger partial charge in [-0.1, -0.05) is 24.3 Å². The lowest BCUT2D eigenvalue weighted by atomic mass is 10.0. The Kier molecular flexibility index (Phi) is 5.93. The third kappa shape index (κ3) is 4.11. The number of benzene rings is 2. The van der Waals surface area contributed by atoms with Crippen LogP contribution in [0.15, 0.2) is 47.4 Å². The predicted molar refractivity (Wildman–Crippen MR) is 89.1 cm³/mol. The second kappa shape index (κ2) is 7.74. The van der Waals surface area contributed by atoms with Crippen LogP contribution in [0, 0.1) is 12.7 Å². The monoisotopic (exact) mass is 353 g/mol. The summed E-state index contributed by atoms with van der Waals surface area (Å²) in [6.07, 6.45) is -0.441. The van der Waals surface area contributed by atoms with Gasteiger partial charge in [-0.05, 0) is 36.2 Å². The average Bonchev–Trinajstić information content (AvgIpc) is 2.56. The van der Waals surface area contributed by atoms with Gasteiger partial charge in [-0.15, -0.1) is 0 Å². The molecule has 0 radical (unpaired) electrons. The number of aryl methyl sites for hydroxylation is 1. The summed E-state index contributed by atoms with van der Waals surface area (Å²) in [4.78, 5) is -0.166. The topological polar surface area (TPSA) is 64.6 Å². The molecular formula is C17H20FNO4S. The van der Waals surface area contributed by atoms with Crippen LogP contribution in [-0.4, -0.2) is 29.2 Å². The zero-order valence-electron chi connectivity index (χ0n) is 13.7. The first-order chi connectivity index (χ1) is 11.4. The molecule has 5 nitrogen and oxygen atoms in total. The lowest BCUT2D eigenvalue weighted by Gasteiger charge is -2.18. The van der Waals surface area contributed by atoms with Gasteiger partial charge in [0.1, 0.15) is 0 Å². The number of sulfonamides is 1. The molecule has 0 heterocycles. The van der Waals surface area contributed by atoms with Crippen molar-refractivity contribution in [1.29, 1.82) is 0 Å². The van der Waals surface area contributed by atoms with E-state index >= 15 is 0 Å². The smallest absolute Gasteiger partial charge is 0.240 e. The van der Waals surface area contributed by atoms with Crippen molar-refractivity contribution in [2.24, 2.45) is 0 Å². The Morgan fingerprint density at radius 3 is 2.46 bits per heavy atom. The Labute approximate surface area is 141 Å². The summed E-state index contributed by atoms with van der Waals surface area (Å²) < 4.78 is 51.0. The van der Waals surface area contributed by atoms with Gasteiger partial charge in [-0.3, -0.25) is 0 Å². The number of methoxy groups -OCH3 is 2. The Morgan fingerprint density at radius 2 is 1.88 bits per heavy atom. The molecule has 0 saturated heterocycles. The van der Waals surface area contributed by atoms with Crippen LogP contribution >= 0.6 is 0 Å². The van der Waals surface area contributed by atoms with Crippen molar-refractivity contribution >= 4 is 10.0 Å². The van der Waals surface area contributed by atoms with Crippen LogP contribution in [0.3, 0.4) is 0 Å². The highest BCUT2D eigenvalue weighted by atomic mass is 32.2. The summed E-state index contributed by atoms with van der Waals surface area (Å²) in [6, 6.07) is 11.1. The quantitative estimate of drug-likeness (QED) is 0.831. The fourth-order valence-electron chi connectivity index (χ4n) is 2.35. The van der Waals surface area contributed by atoms with E-state index in [1.807, 2.05) is 31.2 Å². The summed E-state index contributed by atoms with van der Waals surface area (Å²) in [5.41, 5.74) is 1.89. The van der Waals surface area contributed by atoms with E-state index in [9.17, 15) is 12.8 Å². The van der Waals surface area contributed by atoms with Crippen molar-refractivity contribution in [3.63, 3.8) is 0 Å². The Balaban J connectivity index is 2.17. The van der Waals surface area contributed by atoms with Gasteiger partial charge >= 0.3 is 0 Å². The Hall–Kier alpha value is -1.96. The summed E-state index contributed by atoms with van der Waals surface area (Å²) >= 11 is 0. The second-order valence-electron chi connectivity index (χ2n) is 5.23. The molecule has 0 spiro atoms. The maximum atomic E-state index is 13.7. The number of nitrogens with one attached hydrogen (secondary N) is 1. The van der Waals surface area contributed by atoms with E-state index in [0.717, 1.165) is 17.2 Å². The molecule has 0 aromatic heterocycles. The molecule has 130 valence electrons. The second-order valence-corrected chi connectivity index (χ2v) is 7.00. The van der Waals surface area contributed by atoms with Crippen LogP contribution in [0.1, 0.15) is 17.2 Å². The van der Waals surface area contributed by atoms with Crippen molar-refractivity contribution in [2.45, 2.75) is 17.9 Å². The van der Waals surface area contributed by atoms with Gasteiger partial charge < -0.3 is 9.47 Å². The van der Waals surface area contributed by atoms with E-state index < -0.39 is 21.9 Å². The molecule has 24 heavy (non-hydrogen) atoms. The van der Waals surface area contributed by atoms with Crippen LogP contribution in [0.2, 0.25) is 0 Å². The van der Waals surface area contributed by atoms with Gasteiger partial charge in [-0.25, -0.2) is 17.5 Å². The molecule has 0 saturated carbocycles. The first kappa shape index (κ1) is 18.4. The van der Waals surface area contributed by atoms with Gasteiger partial charge in [-0.2, -0.15) is 0 Å². The van der Waals surface area contributed by atoms with Crippen LogP contribution < -0.4 is 9.46 Å². The molecule has 0 aliphatic rings. The maximum absolute atomic E-state index is 13.7. The van der Waals surface area contributed by atoms with Gasteiger partial charge in [0.05, 0.1) is 18.1 Å². The molecule has 2 aromatic carbocycles. The van der Waals surface area contributed by atoms with Gasteiger partial charge in [0.25, 0.3) is 0 Å². The zero-order chi connectivity index (χ0) is 17.7. The SMILES string of the molecule is COc1ccc(S(=O)(=O)NC[C@@H](OC)c2ccccc2C)cc1F.